The Morgan fingerprint density at radius 1 is 1.21 bits per heavy atom. The van der Waals surface area contributed by atoms with Crippen LogP contribution in [0.4, 0.5) is 10.1 Å². The molecule has 6 nitrogen and oxygen atoms in total. The summed E-state index contributed by atoms with van der Waals surface area (Å²) in [6.45, 7) is 9.74. The maximum atomic E-state index is 13.9. The van der Waals surface area contributed by atoms with Crippen molar-refractivity contribution in [1.82, 2.24) is 20.2 Å². The van der Waals surface area contributed by atoms with Crippen LogP contribution in [-0.4, -0.2) is 46.4 Å². The minimum Gasteiger partial charge on any atom is -0.358 e. The number of para-hydroxylation sites is 1. The van der Waals surface area contributed by atoms with E-state index in [9.17, 15) is 4.39 Å². The number of anilines is 1. The molecule has 7 heteroatoms. The van der Waals surface area contributed by atoms with E-state index in [1.54, 1.807) is 6.07 Å². The average molecular weight is 333 g/mol. The summed E-state index contributed by atoms with van der Waals surface area (Å²) in [6, 6.07) is 7.00. The summed E-state index contributed by atoms with van der Waals surface area (Å²) in [7, 11) is 0. The van der Waals surface area contributed by atoms with Gasteiger partial charge in [-0.05, 0) is 34.9 Å². The highest BCUT2D eigenvalue weighted by Crippen LogP contribution is 2.18. The van der Waals surface area contributed by atoms with Crippen molar-refractivity contribution in [3.05, 3.63) is 35.9 Å². The molecule has 1 aliphatic heterocycles. The van der Waals surface area contributed by atoms with Gasteiger partial charge in [0.15, 0.2) is 0 Å². The van der Waals surface area contributed by atoms with Crippen LogP contribution in [0, 0.1) is 11.7 Å². The minimum absolute atomic E-state index is 0.140. The van der Waals surface area contributed by atoms with Crippen LogP contribution in [0.2, 0.25) is 0 Å². The molecule has 2 aromatic rings. The Hall–Kier alpha value is -2.02. The summed E-state index contributed by atoms with van der Waals surface area (Å²) in [4.78, 5) is 3.57. The van der Waals surface area contributed by atoms with Gasteiger partial charge in [-0.2, -0.15) is 0 Å². The second kappa shape index (κ2) is 7.70. The molecule has 0 radical (unpaired) electrons. The molecule has 1 saturated heterocycles. The van der Waals surface area contributed by atoms with E-state index in [1.807, 2.05) is 16.8 Å². The van der Waals surface area contributed by atoms with Gasteiger partial charge in [0.25, 0.3) is 0 Å². The summed E-state index contributed by atoms with van der Waals surface area (Å²) in [5.74, 6) is 1.45. The highest BCUT2D eigenvalue weighted by atomic mass is 19.1. The summed E-state index contributed by atoms with van der Waals surface area (Å²) in [5, 5.41) is 12.1. The van der Waals surface area contributed by atoms with E-state index in [0.29, 0.717) is 11.6 Å². The number of quaternary nitrogens is 1. The number of nitrogens with one attached hydrogen (secondary N) is 1. The number of hydrogen-bond donors (Lipinski definition) is 1. The lowest BCUT2D eigenvalue weighted by Crippen LogP contribution is -3.13. The minimum atomic E-state index is -0.140. The fourth-order valence-electron chi connectivity index (χ4n) is 3.08. The standard InChI is InChI=1S/C17H25FN6/c1-14(2)7-8-24-17(19-20-21-24)13-22-9-11-23(12-10-22)16-6-4-3-5-15(16)18/h3-6,14H,7-13H2,1-2H3/p+1. The molecule has 0 saturated carbocycles. The third-order valence-electron chi connectivity index (χ3n) is 4.60. The van der Waals surface area contributed by atoms with Crippen LogP contribution >= 0.6 is 0 Å². The summed E-state index contributed by atoms with van der Waals surface area (Å²) < 4.78 is 15.8. The quantitative estimate of drug-likeness (QED) is 0.848. The maximum Gasteiger partial charge on any atom is 0.206 e. The van der Waals surface area contributed by atoms with Gasteiger partial charge in [0.05, 0.1) is 31.9 Å². The van der Waals surface area contributed by atoms with Crippen molar-refractivity contribution in [2.45, 2.75) is 33.4 Å². The van der Waals surface area contributed by atoms with E-state index in [1.165, 1.54) is 11.0 Å². The SMILES string of the molecule is CC(C)CCn1nnnc1C[NH+]1CCN(c2ccccc2F)CC1. The molecule has 2 heterocycles. The van der Waals surface area contributed by atoms with Crippen LogP contribution in [0.3, 0.4) is 0 Å². The predicted molar refractivity (Wildman–Crippen MR) is 90.3 cm³/mol. The van der Waals surface area contributed by atoms with Gasteiger partial charge in [0, 0.05) is 6.54 Å². The van der Waals surface area contributed by atoms with E-state index < -0.39 is 0 Å². The van der Waals surface area contributed by atoms with Crippen molar-refractivity contribution >= 4 is 5.69 Å². The molecular formula is C17H26FN6+. The van der Waals surface area contributed by atoms with E-state index >= 15 is 0 Å². The van der Waals surface area contributed by atoms with Crippen molar-refractivity contribution < 1.29 is 9.29 Å². The van der Waals surface area contributed by atoms with Crippen molar-refractivity contribution in [3.8, 4) is 0 Å². The third-order valence-corrected chi connectivity index (χ3v) is 4.60. The number of hydrogen-bond acceptors (Lipinski definition) is 4. The zero-order chi connectivity index (χ0) is 16.9. The number of aryl methyl sites for hydroxylation is 1. The number of tetrazole rings is 1. The highest BCUT2D eigenvalue weighted by molar-refractivity contribution is 5.47. The van der Waals surface area contributed by atoms with Crippen LogP contribution < -0.4 is 9.80 Å². The van der Waals surface area contributed by atoms with E-state index in [-0.39, 0.29) is 5.82 Å². The van der Waals surface area contributed by atoms with Gasteiger partial charge >= 0.3 is 0 Å². The first kappa shape index (κ1) is 16.8. The first-order chi connectivity index (χ1) is 11.6. The van der Waals surface area contributed by atoms with E-state index in [0.717, 1.165) is 51.5 Å². The number of aromatic nitrogens is 4. The van der Waals surface area contributed by atoms with Gasteiger partial charge in [-0.1, -0.05) is 26.0 Å². The topological polar surface area (TPSA) is 51.3 Å². The average Bonchev–Trinajstić information content (AvgIpc) is 3.01. The highest BCUT2D eigenvalue weighted by Gasteiger charge is 2.23. The number of nitrogens with zero attached hydrogens (tertiary/aromatic N) is 5. The second-order valence-corrected chi connectivity index (χ2v) is 6.87. The van der Waals surface area contributed by atoms with Crippen LogP contribution in [0.25, 0.3) is 0 Å². The van der Waals surface area contributed by atoms with Gasteiger partial charge in [-0.25, -0.2) is 9.07 Å². The molecule has 1 aliphatic rings. The van der Waals surface area contributed by atoms with E-state index in [4.69, 9.17) is 0 Å². The molecule has 0 spiro atoms. The monoisotopic (exact) mass is 333 g/mol. The number of halogens is 1. The molecule has 3 rings (SSSR count). The normalized spacial score (nSPS) is 16.1. The smallest absolute Gasteiger partial charge is 0.206 e. The molecule has 0 unspecified atom stereocenters. The molecule has 0 bridgehead atoms. The first-order valence-corrected chi connectivity index (χ1v) is 8.71. The number of rotatable bonds is 6. The fraction of sp³-hybridized carbons (Fsp3) is 0.588. The third kappa shape index (κ3) is 4.08. The molecule has 1 aromatic heterocycles. The maximum absolute atomic E-state index is 13.9. The predicted octanol–water partition coefficient (Wildman–Crippen LogP) is 0.763. The van der Waals surface area contributed by atoms with Gasteiger partial charge in [-0.3, -0.25) is 0 Å². The van der Waals surface area contributed by atoms with Crippen molar-refractivity contribution in [1.29, 1.82) is 0 Å². The Bertz CT molecular complexity index is 648. The molecule has 130 valence electrons. The molecule has 1 aromatic carbocycles. The van der Waals surface area contributed by atoms with Crippen molar-refractivity contribution in [3.63, 3.8) is 0 Å². The molecule has 0 atom stereocenters. The Morgan fingerprint density at radius 2 is 1.96 bits per heavy atom. The zero-order valence-electron chi connectivity index (χ0n) is 14.5. The summed E-state index contributed by atoms with van der Waals surface area (Å²) in [6.07, 6.45) is 1.08. The molecule has 0 aliphatic carbocycles. The van der Waals surface area contributed by atoms with Crippen LogP contribution in [-0.2, 0) is 13.1 Å². The van der Waals surface area contributed by atoms with Crippen LogP contribution in [0.1, 0.15) is 26.1 Å². The molecule has 24 heavy (non-hydrogen) atoms. The van der Waals surface area contributed by atoms with Gasteiger partial charge in [-0.15, -0.1) is 5.10 Å². The lowest BCUT2D eigenvalue weighted by atomic mass is 10.1. The van der Waals surface area contributed by atoms with Crippen LogP contribution in [0.15, 0.2) is 24.3 Å². The summed E-state index contributed by atoms with van der Waals surface area (Å²) >= 11 is 0. The lowest BCUT2D eigenvalue weighted by Gasteiger charge is -2.33. The largest absolute Gasteiger partial charge is 0.358 e. The first-order valence-electron chi connectivity index (χ1n) is 8.71. The number of benzene rings is 1. The Morgan fingerprint density at radius 3 is 2.67 bits per heavy atom. The van der Waals surface area contributed by atoms with Crippen LogP contribution in [0.5, 0.6) is 0 Å². The van der Waals surface area contributed by atoms with Crippen molar-refractivity contribution in [2.24, 2.45) is 5.92 Å². The molecule has 0 amide bonds. The Labute approximate surface area is 142 Å². The van der Waals surface area contributed by atoms with Gasteiger partial charge in [0.1, 0.15) is 12.4 Å². The zero-order valence-corrected chi connectivity index (χ0v) is 14.5. The Kier molecular flexibility index (Phi) is 5.40. The number of piperazine rings is 1. The Balaban J connectivity index is 1.55. The molecule has 1 N–H and O–H groups in total. The fourth-order valence-corrected chi connectivity index (χ4v) is 3.08. The second-order valence-electron chi connectivity index (χ2n) is 6.87. The summed E-state index contributed by atoms with van der Waals surface area (Å²) in [5.41, 5.74) is 0.707. The molecule has 1 fully saturated rings. The van der Waals surface area contributed by atoms with Gasteiger partial charge < -0.3 is 9.80 Å². The van der Waals surface area contributed by atoms with E-state index in [2.05, 4.69) is 34.3 Å². The lowest BCUT2D eigenvalue weighted by molar-refractivity contribution is -0.915. The molecular weight excluding hydrogens is 307 g/mol. The van der Waals surface area contributed by atoms with Gasteiger partial charge in [0.2, 0.25) is 5.82 Å². The van der Waals surface area contributed by atoms with Crippen molar-refractivity contribution in [2.75, 3.05) is 31.1 Å².